The molecule has 0 radical (unpaired) electrons. The number of hydrogen-bond acceptors (Lipinski definition) is 7. The molecular weight excluding hydrogens is 508 g/mol. The lowest BCUT2D eigenvalue weighted by molar-refractivity contribution is -0.245. The van der Waals surface area contributed by atoms with Crippen LogP contribution in [0.1, 0.15) is 120 Å². The van der Waals surface area contributed by atoms with E-state index in [4.69, 9.17) is 18.9 Å². The zero-order valence-electron chi connectivity index (χ0n) is 26.3. The van der Waals surface area contributed by atoms with Gasteiger partial charge in [0.1, 0.15) is 5.78 Å². The fourth-order valence-corrected chi connectivity index (χ4v) is 11.1. The van der Waals surface area contributed by atoms with E-state index in [9.17, 15) is 15.0 Å². The van der Waals surface area contributed by atoms with Crippen molar-refractivity contribution in [2.24, 2.45) is 34.5 Å². The van der Waals surface area contributed by atoms with Gasteiger partial charge >= 0.3 is 0 Å². The second kappa shape index (κ2) is 8.75. The SMILES string of the molecule is CC(C)(O)CC[C@H]1OC(C)(C)O[C@]1(C)[C@H]1CC[C@H]2[C@H]3CC(=O)[C@@H]4C[C@H]5OC(C)(C)O[C@H]5C[C@]4(C)[C@@]3(O)CC[C@@]21C. The summed E-state index contributed by atoms with van der Waals surface area (Å²) in [7, 11) is 0. The van der Waals surface area contributed by atoms with Crippen molar-refractivity contribution < 1.29 is 34.0 Å². The molecule has 0 aromatic carbocycles. The Kier molecular flexibility index (Phi) is 6.46. The third-order valence-electron chi connectivity index (χ3n) is 12.7. The standard InChI is InChI=1S/C33H54O7/c1-27(2,35)13-12-26-32(9,40-29(5,6)39-26)25-11-10-19-20-16-22(34)21-17-23-24(38-28(3,4)37-23)18-31(21,8)33(20,36)15-14-30(19,25)7/h19-21,23-26,35-36H,10-18H2,1-9H3/t19-,20+,21-,23+,24-,25-,26+,30-,31-,32+,33+/m0/s1. The molecule has 228 valence electrons. The molecule has 6 aliphatic rings. The van der Waals surface area contributed by atoms with E-state index < -0.39 is 33.8 Å². The Labute approximate surface area is 241 Å². The van der Waals surface area contributed by atoms with Gasteiger partial charge in [-0.1, -0.05) is 13.8 Å². The van der Waals surface area contributed by atoms with E-state index in [0.29, 0.717) is 37.9 Å². The molecule has 4 saturated carbocycles. The summed E-state index contributed by atoms with van der Waals surface area (Å²) in [5.41, 5.74) is -2.77. The molecule has 0 aromatic heterocycles. The largest absolute Gasteiger partial charge is 0.390 e. The minimum Gasteiger partial charge on any atom is -0.390 e. The highest BCUT2D eigenvalue weighted by molar-refractivity contribution is 5.84. The average molecular weight is 563 g/mol. The zero-order chi connectivity index (χ0) is 29.3. The van der Waals surface area contributed by atoms with Crippen LogP contribution in [-0.2, 0) is 23.7 Å². The topological polar surface area (TPSA) is 94.5 Å². The van der Waals surface area contributed by atoms with E-state index in [0.717, 1.165) is 25.7 Å². The maximum absolute atomic E-state index is 13.9. The van der Waals surface area contributed by atoms with Crippen molar-refractivity contribution in [3.63, 3.8) is 0 Å². The molecule has 0 amide bonds. The lowest BCUT2D eigenvalue weighted by atomic mass is 9.41. The molecule has 2 saturated heterocycles. The van der Waals surface area contributed by atoms with Crippen LogP contribution in [0, 0.1) is 34.5 Å². The summed E-state index contributed by atoms with van der Waals surface area (Å²) in [5.74, 6) is -0.815. The first-order valence-corrected chi connectivity index (χ1v) is 15.9. The van der Waals surface area contributed by atoms with Crippen molar-refractivity contribution in [1.82, 2.24) is 0 Å². The van der Waals surface area contributed by atoms with Crippen LogP contribution in [0.4, 0.5) is 0 Å². The average Bonchev–Trinajstić information content (AvgIpc) is 3.39. The molecule has 0 aromatic rings. The summed E-state index contributed by atoms with van der Waals surface area (Å²) >= 11 is 0. The van der Waals surface area contributed by atoms with E-state index in [2.05, 4.69) is 20.8 Å². The maximum atomic E-state index is 13.9. The Morgan fingerprint density at radius 3 is 2.25 bits per heavy atom. The van der Waals surface area contributed by atoms with Crippen molar-refractivity contribution in [1.29, 1.82) is 0 Å². The molecule has 4 aliphatic carbocycles. The van der Waals surface area contributed by atoms with Crippen molar-refractivity contribution in [3.8, 4) is 0 Å². The molecule has 6 rings (SSSR count). The first-order chi connectivity index (χ1) is 18.2. The van der Waals surface area contributed by atoms with E-state index in [1.54, 1.807) is 0 Å². The first-order valence-electron chi connectivity index (χ1n) is 15.9. The van der Waals surface area contributed by atoms with Gasteiger partial charge in [-0.3, -0.25) is 4.79 Å². The number of Topliss-reactive ketones (excluding diaryl/α,β-unsaturated/α-hetero) is 1. The monoisotopic (exact) mass is 562 g/mol. The van der Waals surface area contributed by atoms with Crippen LogP contribution in [0.3, 0.4) is 0 Å². The van der Waals surface area contributed by atoms with Crippen molar-refractivity contribution >= 4 is 5.78 Å². The van der Waals surface area contributed by atoms with Crippen LogP contribution in [0.2, 0.25) is 0 Å². The molecule has 7 heteroatoms. The highest BCUT2D eigenvalue weighted by Gasteiger charge is 2.73. The van der Waals surface area contributed by atoms with Gasteiger partial charge < -0.3 is 29.2 Å². The zero-order valence-corrected chi connectivity index (χ0v) is 26.3. The molecule has 0 unspecified atom stereocenters. The number of ether oxygens (including phenoxy) is 4. The van der Waals surface area contributed by atoms with E-state index in [-0.39, 0.29) is 47.4 Å². The van der Waals surface area contributed by atoms with Crippen molar-refractivity contribution in [2.75, 3.05) is 0 Å². The van der Waals surface area contributed by atoms with Crippen molar-refractivity contribution in [2.45, 2.75) is 167 Å². The fraction of sp³-hybridized carbons (Fsp3) is 0.970. The lowest BCUT2D eigenvalue weighted by Crippen LogP contribution is -2.69. The maximum Gasteiger partial charge on any atom is 0.164 e. The van der Waals surface area contributed by atoms with Gasteiger partial charge in [-0.25, -0.2) is 0 Å². The Morgan fingerprint density at radius 2 is 1.57 bits per heavy atom. The second-order valence-corrected chi connectivity index (χ2v) is 16.7. The second-order valence-electron chi connectivity index (χ2n) is 16.7. The van der Waals surface area contributed by atoms with Gasteiger partial charge in [0.25, 0.3) is 0 Å². The third kappa shape index (κ3) is 4.23. The minimum atomic E-state index is -0.904. The van der Waals surface area contributed by atoms with Crippen molar-refractivity contribution in [3.05, 3.63) is 0 Å². The number of rotatable bonds is 4. The molecular formula is C33H54O7. The minimum absolute atomic E-state index is 0.0642. The van der Waals surface area contributed by atoms with E-state index in [1.807, 2.05) is 41.5 Å². The fourth-order valence-electron chi connectivity index (χ4n) is 11.1. The molecule has 40 heavy (non-hydrogen) atoms. The van der Waals surface area contributed by atoms with Crippen LogP contribution >= 0.6 is 0 Å². The van der Waals surface area contributed by atoms with Crippen LogP contribution in [0.25, 0.3) is 0 Å². The molecule has 0 bridgehead atoms. The number of ketones is 1. The summed E-state index contributed by atoms with van der Waals surface area (Å²) < 4.78 is 25.8. The highest BCUT2D eigenvalue weighted by Crippen LogP contribution is 2.71. The van der Waals surface area contributed by atoms with Gasteiger partial charge in [-0.15, -0.1) is 0 Å². The summed E-state index contributed by atoms with van der Waals surface area (Å²) in [6, 6.07) is 0. The normalized spacial score (nSPS) is 53.1. The molecule has 2 aliphatic heterocycles. The Bertz CT molecular complexity index is 1050. The molecule has 11 atom stereocenters. The lowest BCUT2D eigenvalue weighted by Gasteiger charge is -2.65. The van der Waals surface area contributed by atoms with E-state index >= 15 is 0 Å². The Morgan fingerprint density at radius 1 is 0.900 bits per heavy atom. The summed E-state index contributed by atoms with van der Waals surface area (Å²) in [5, 5.41) is 23.3. The number of carbonyl (C=O) groups is 1. The highest BCUT2D eigenvalue weighted by atomic mass is 16.8. The first kappa shape index (κ1) is 29.5. The summed E-state index contributed by atoms with van der Waals surface area (Å²) in [6.45, 7) is 18.4. The molecule has 6 fully saturated rings. The predicted molar refractivity (Wildman–Crippen MR) is 150 cm³/mol. The van der Waals surface area contributed by atoms with Crippen LogP contribution in [0.5, 0.6) is 0 Å². The number of hydrogen-bond donors (Lipinski definition) is 2. The third-order valence-corrected chi connectivity index (χ3v) is 12.7. The number of carbonyl (C=O) groups excluding carboxylic acids is 1. The summed E-state index contributed by atoms with van der Waals surface area (Å²) in [4.78, 5) is 13.9. The molecule has 7 nitrogen and oxygen atoms in total. The number of fused-ring (bicyclic) bond motifs is 6. The van der Waals surface area contributed by atoms with Gasteiger partial charge in [0.05, 0.1) is 35.1 Å². The summed E-state index contributed by atoms with van der Waals surface area (Å²) in [6.07, 6.45) is 6.42. The van der Waals surface area contributed by atoms with Crippen LogP contribution in [-0.4, -0.2) is 62.7 Å². The van der Waals surface area contributed by atoms with Gasteiger partial charge in [0.15, 0.2) is 11.6 Å². The van der Waals surface area contributed by atoms with Gasteiger partial charge in [-0.2, -0.15) is 0 Å². The van der Waals surface area contributed by atoms with E-state index in [1.165, 1.54) is 0 Å². The van der Waals surface area contributed by atoms with Gasteiger partial charge in [0, 0.05) is 17.8 Å². The Balaban J connectivity index is 1.30. The van der Waals surface area contributed by atoms with Gasteiger partial charge in [-0.05, 0) is 123 Å². The van der Waals surface area contributed by atoms with Gasteiger partial charge in [0.2, 0.25) is 0 Å². The Hall–Kier alpha value is -0.570. The van der Waals surface area contributed by atoms with Crippen LogP contribution in [0.15, 0.2) is 0 Å². The molecule has 0 spiro atoms. The van der Waals surface area contributed by atoms with Crippen LogP contribution < -0.4 is 0 Å². The smallest absolute Gasteiger partial charge is 0.164 e. The molecule has 2 heterocycles. The predicted octanol–water partition coefficient (Wildman–Crippen LogP) is 5.53. The number of aliphatic hydroxyl groups is 2. The quantitative estimate of drug-likeness (QED) is 0.465. The molecule has 2 N–H and O–H groups in total.